The molecule has 0 spiro atoms. The molecule has 0 heterocycles. The summed E-state index contributed by atoms with van der Waals surface area (Å²) in [6, 6.07) is 22.8. The van der Waals surface area contributed by atoms with Crippen LogP contribution in [-0.4, -0.2) is 22.9 Å². The van der Waals surface area contributed by atoms with Gasteiger partial charge in [-0.1, -0.05) is 60.7 Å². The van der Waals surface area contributed by atoms with E-state index in [0.717, 1.165) is 11.8 Å². The first-order chi connectivity index (χ1) is 22.3. The van der Waals surface area contributed by atoms with Crippen molar-refractivity contribution in [1.29, 1.82) is 0 Å². The number of rotatable bonds is 8. The molecular formula is C33H19F7N2O4S. The molecule has 0 bridgehead atoms. The molecule has 14 heteroatoms. The number of carboxylic acid groups (broad SMARTS) is 1. The first-order valence-electron chi connectivity index (χ1n) is 13.4. The lowest BCUT2D eigenvalue weighted by Gasteiger charge is -2.19. The van der Waals surface area contributed by atoms with E-state index < -0.39 is 63.7 Å². The Bertz CT molecular complexity index is 2000. The molecule has 0 aromatic heterocycles. The van der Waals surface area contributed by atoms with E-state index in [2.05, 4.69) is 5.32 Å². The van der Waals surface area contributed by atoms with E-state index in [9.17, 15) is 50.2 Å². The van der Waals surface area contributed by atoms with E-state index in [4.69, 9.17) is 0 Å². The number of alkyl halides is 3. The van der Waals surface area contributed by atoms with Gasteiger partial charge in [0.15, 0.2) is 23.3 Å². The number of carbonyl (C=O) groups is 3. The van der Waals surface area contributed by atoms with Gasteiger partial charge in [0.1, 0.15) is 16.5 Å². The van der Waals surface area contributed by atoms with Crippen molar-refractivity contribution < 1.29 is 50.2 Å². The third-order valence-electron chi connectivity index (χ3n) is 6.86. The highest BCUT2D eigenvalue weighted by Gasteiger charge is 2.43. The number of anilines is 2. The van der Waals surface area contributed by atoms with Gasteiger partial charge in [-0.15, -0.1) is 11.8 Å². The summed E-state index contributed by atoms with van der Waals surface area (Å²) >= 11 is 0.789. The number of thioether (sulfide) groups is 1. The van der Waals surface area contributed by atoms with Gasteiger partial charge >= 0.3 is 12.1 Å². The summed E-state index contributed by atoms with van der Waals surface area (Å²) in [5.74, 6) is -13.4. The summed E-state index contributed by atoms with van der Waals surface area (Å²) in [7, 11) is 0. The van der Waals surface area contributed by atoms with E-state index in [1.54, 1.807) is 35.6 Å². The normalized spacial score (nSPS) is 12.1. The SMILES string of the molecule is O=C(O)c1cccc2cccc(C(=O)Nc3cccc(SC(C(=O)Nc4c(F)c(F)c(C(F)(F)F)c(F)c4F)c4ccccc4)c3)c12. The topological polar surface area (TPSA) is 95.5 Å². The highest BCUT2D eigenvalue weighted by molar-refractivity contribution is 8.00. The highest BCUT2D eigenvalue weighted by Crippen LogP contribution is 2.41. The van der Waals surface area contributed by atoms with E-state index in [1.165, 1.54) is 60.7 Å². The molecule has 0 saturated heterocycles. The minimum atomic E-state index is -5.76. The lowest BCUT2D eigenvalue weighted by atomic mass is 9.98. The minimum absolute atomic E-state index is 0.0696. The zero-order chi connectivity index (χ0) is 34.0. The second kappa shape index (κ2) is 13.2. The van der Waals surface area contributed by atoms with E-state index in [1.807, 2.05) is 0 Å². The molecule has 0 saturated carbocycles. The van der Waals surface area contributed by atoms with Crippen LogP contribution < -0.4 is 10.6 Å². The predicted octanol–water partition coefficient (Wildman–Crippen LogP) is 8.84. The van der Waals surface area contributed by atoms with E-state index >= 15 is 0 Å². The Balaban J connectivity index is 1.45. The molecule has 0 aliphatic rings. The molecule has 5 rings (SSSR count). The lowest BCUT2D eigenvalue weighted by molar-refractivity contribution is -0.143. The molecule has 0 fully saturated rings. The van der Waals surface area contributed by atoms with Crippen molar-refractivity contribution in [3.8, 4) is 0 Å². The van der Waals surface area contributed by atoms with Gasteiger partial charge in [0, 0.05) is 21.5 Å². The van der Waals surface area contributed by atoms with Crippen molar-refractivity contribution in [2.75, 3.05) is 10.6 Å². The number of aromatic carboxylic acids is 1. The summed E-state index contributed by atoms with van der Waals surface area (Å²) in [6.07, 6.45) is -5.76. The largest absolute Gasteiger partial charge is 0.478 e. The van der Waals surface area contributed by atoms with Crippen LogP contribution in [0.15, 0.2) is 95.9 Å². The number of carbonyl (C=O) groups excluding carboxylic acids is 2. The van der Waals surface area contributed by atoms with Crippen LogP contribution in [0.4, 0.5) is 42.1 Å². The number of nitrogens with one attached hydrogen (secondary N) is 2. The second-order valence-corrected chi connectivity index (χ2v) is 11.1. The molecule has 3 N–H and O–H groups in total. The average molecular weight is 673 g/mol. The maximum atomic E-state index is 14.6. The third kappa shape index (κ3) is 6.77. The van der Waals surface area contributed by atoms with Crippen molar-refractivity contribution in [2.24, 2.45) is 0 Å². The number of benzene rings is 5. The summed E-state index contributed by atoms with van der Waals surface area (Å²) in [5.41, 5.74) is -4.08. The van der Waals surface area contributed by atoms with Crippen LogP contribution >= 0.6 is 11.8 Å². The van der Waals surface area contributed by atoms with Crippen molar-refractivity contribution in [3.63, 3.8) is 0 Å². The third-order valence-corrected chi connectivity index (χ3v) is 8.11. The smallest absolute Gasteiger partial charge is 0.422 e. The molecule has 1 unspecified atom stereocenters. The molecular weight excluding hydrogens is 653 g/mol. The number of hydrogen-bond donors (Lipinski definition) is 3. The molecule has 1 atom stereocenters. The Morgan fingerprint density at radius 3 is 1.89 bits per heavy atom. The highest BCUT2D eigenvalue weighted by atomic mass is 32.2. The standard InChI is InChI=1S/C33H19F7N2O4S/c34-24-23(33(38,39)40)25(35)27(37)28(26(24)36)42-31(44)29(17-7-2-1-3-8-17)47-19-12-6-11-18(15-19)41-30(43)20-13-4-9-16-10-5-14-21(22(16)20)32(45)46/h1-15,29H,(H,41,43)(H,42,44)(H,45,46). The van der Waals surface area contributed by atoms with Gasteiger partial charge in [-0.2, -0.15) is 13.2 Å². The zero-order valence-electron chi connectivity index (χ0n) is 23.5. The van der Waals surface area contributed by atoms with Crippen LogP contribution in [0.25, 0.3) is 10.8 Å². The average Bonchev–Trinajstić information content (AvgIpc) is 3.04. The van der Waals surface area contributed by atoms with Gasteiger partial charge in [0.25, 0.3) is 5.91 Å². The number of fused-ring (bicyclic) bond motifs is 1. The van der Waals surface area contributed by atoms with Gasteiger partial charge in [0.05, 0.1) is 5.56 Å². The molecule has 0 aliphatic heterocycles. The number of halogens is 7. The minimum Gasteiger partial charge on any atom is -0.478 e. The quantitative estimate of drug-likeness (QED) is 0.0870. The van der Waals surface area contributed by atoms with E-state index in [-0.39, 0.29) is 27.8 Å². The Hall–Kier alpha value is -5.37. The summed E-state index contributed by atoms with van der Waals surface area (Å²) in [4.78, 5) is 38.8. The molecule has 5 aromatic rings. The van der Waals surface area contributed by atoms with Crippen LogP contribution in [-0.2, 0) is 11.0 Å². The summed E-state index contributed by atoms with van der Waals surface area (Å²) in [6.45, 7) is 0. The fourth-order valence-corrected chi connectivity index (χ4v) is 5.85. The van der Waals surface area contributed by atoms with Crippen LogP contribution in [0, 0.1) is 23.3 Å². The summed E-state index contributed by atoms with van der Waals surface area (Å²) in [5, 5.41) is 13.3. The van der Waals surface area contributed by atoms with Crippen molar-refractivity contribution >= 4 is 51.7 Å². The molecule has 0 radical (unpaired) electrons. The van der Waals surface area contributed by atoms with Crippen LogP contribution in [0.1, 0.15) is 37.1 Å². The fourth-order valence-electron chi connectivity index (χ4n) is 4.77. The monoisotopic (exact) mass is 672 g/mol. The van der Waals surface area contributed by atoms with Crippen LogP contribution in [0.5, 0.6) is 0 Å². The number of hydrogen-bond acceptors (Lipinski definition) is 4. The summed E-state index contributed by atoms with van der Waals surface area (Å²) < 4.78 is 96.7. The zero-order valence-corrected chi connectivity index (χ0v) is 24.3. The first kappa shape index (κ1) is 33.0. The Labute approximate surface area is 265 Å². The molecule has 6 nitrogen and oxygen atoms in total. The van der Waals surface area contributed by atoms with Gasteiger partial charge in [-0.25, -0.2) is 22.4 Å². The van der Waals surface area contributed by atoms with Crippen LogP contribution in [0.3, 0.4) is 0 Å². The fraction of sp³-hybridized carbons (Fsp3) is 0.0606. The molecule has 0 aliphatic carbocycles. The van der Waals surface area contributed by atoms with Gasteiger partial charge in [0.2, 0.25) is 5.91 Å². The number of carboxylic acids is 1. The molecule has 240 valence electrons. The second-order valence-electron chi connectivity index (χ2n) is 9.90. The molecule has 2 amide bonds. The Morgan fingerprint density at radius 1 is 0.702 bits per heavy atom. The van der Waals surface area contributed by atoms with Crippen molar-refractivity contribution in [3.05, 3.63) is 137 Å². The van der Waals surface area contributed by atoms with Gasteiger partial charge in [-0.3, -0.25) is 9.59 Å². The molecule has 5 aromatic carbocycles. The maximum Gasteiger partial charge on any atom is 0.422 e. The predicted molar refractivity (Wildman–Crippen MR) is 160 cm³/mol. The number of amides is 2. The lowest BCUT2D eigenvalue weighted by Crippen LogP contribution is -2.23. The van der Waals surface area contributed by atoms with Gasteiger partial charge < -0.3 is 15.7 Å². The Kier molecular flexibility index (Phi) is 9.24. The van der Waals surface area contributed by atoms with E-state index in [0.29, 0.717) is 10.3 Å². The van der Waals surface area contributed by atoms with Crippen molar-refractivity contribution in [1.82, 2.24) is 0 Å². The first-order valence-corrected chi connectivity index (χ1v) is 14.3. The maximum absolute atomic E-state index is 14.6. The molecule has 47 heavy (non-hydrogen) atoms. The van der Waals surface area contributed by atoms with Gasteiger partial charge in [-0.05, 0) is 41.3 Å². The van der Waals surface area contributed by atoms with Crippen molar-refractivity contribution in [2.45, 2.75) is 16.3 Å². The Morgan fingerprint density at radius 2 is 1.30 bits per heavy atom. The van der Waals surface area contributed by atoms with Crippen LogP contribution in [0.2, 0.25) is 0 Å².